The van der Waals surface area contributed by atoms with Crippen molar-refractivity contribution in [3.05, 3.63) is 60.7 Å². The fraction of sp³-hybridized carbons (Fsp3) is 0.143. The van der Waals surface area contributed by atoms with Gasteiger partial charge >= 0.3 is 0 Å². The standard InChI is InChI=1S/C21H18N4O2S/c26-14(11-22-13-8-9-17-19(10-13)25-28-24-17)12-27-20-7-3-6-18-21(20)15-4-1-2-5-16(15)23-18/h1-10,14,22-23,26H,11-12H2. The second-order valence-corrected chi connectivity index (χ2v) is 7.19. The second-order valence-electron chi connectivity index (χ2n) is 6.66. The molecule has 3 N–H and O–H groups in total. The summed E-state index contributed by atoms with van der Waals surface area (Å²) >= 11 is 1.19. The lowest BCUT2D eigenvalue weighted by Crippen LogP contribution is -2.26. The molecule has 1 unspecified atom stereocenters. The number of nitrogens with one attached hydrogen (secondary N) is 2. The van der Waals surface area contributed by atoms with E-state index in [2.05, 4.69) is 25.1 Å². The van der Waals surface area contributed by atoms with Crippen LogP contribution in [0, 0.1) is 0 Å². The summed E-state index contributed by atoms with van der Waals surface area (Å²) in [4.78, 5) is 3.40. The van der Waals surface area contributed by atoms with Gasteiger partial charge in [-0.1, -0.05) is 24.3 Å². The topological polar surface area (TPSA) is 83.1 Å². The van der Waals surface area contributed by atoms with E-state index >= 15 is 0 Å². The molecule has 0 fully saturated rings. The molecule has 0 aliphatic carbocycles. The number of ether oxygens (including phenoxy) is 1. The first-order valence-electron chi connectivity index (χ1n) is 9.04. The average molecular weight is 390 g/mol. The Balaban J connectivity index is 1.28. The summed E-state index contributed by atoms with van der Waals surface area (Å²) in [5.74, 6) is 0.768. The molecule has 2 heterocycles. The van der Waals surface area contributed by atoms with Crippen molar-refractivity contribution in [2.45, 2.75) is 6.10 Å². The normalized spacial score (nSPS) is 12.6. The van der Waals surface area contributed by atoms with Crippen LogP contribution in [0.1, 0.15) is 0 Å². The zero-order valence-corrected chi connectivity index (χ0v) is 15.7. The molecule has 3 aromatic carbocycles. The number of aliphatic hydroxyl groups excluding tert-OH is 1. The molecule has 0 saturated carbocycles. The Morgan fingerprint density at radius 2 is 1.86 bits per heavy atom. The molecular weight excluding hydrogens is 372 g/mol. The third-order valence-electron chi connectivity index (χ3n) is 4.72. The Hall–Kier alpha value is -3.16. The lowest BCUT2D eigenvalue weighted by atomic mass is 10.1. The van der Waals surface area contributed by atoms with Crippen molar-refractivity contribution >= 4 is 50.3 Å². The van der Waals surface area contributed by atoms with E-state index in [-0.39, 0.29) is 6.61 Å². The second kappa shape index (κ2) is 7.10. The molecule has 0 bridgehead atoms. The highest BCUT2D eigenvalue weighted by molar-refractivity contribution is 7.00. The van der Waals surface area contributed by atoms with E-state index in [9.17, 15) is 5.11 Å². The summed E-state index contributed by atoms with van der Waals surface area (Å²) in [6, 6.07) is 19.8. The molecule has 0 saturated heterocycles. The number of fused-ring (bicyclic) bond motifs is 4. The molecule has 0 amide bonds. The smallest absolute Gasteiger partial charge is 0.129 e. The Kier molecular flexibility index (Phi) is 4.31. The lowest BCUT2D eigenvalue weighted by molar-refractivity contribution is 0.118. The van der Waals surface area contributed by atoms with E-state index in [1.807, 2.05) is 54.6 Å². The lowest BCUT2D eigenvalue weighted by Gasteiger charge is -2.14. The van der Waals surface area contributed by atoms with Crippen LogP contribution < -0.4 is 10.1 Å². The maximum atomic E-state index is 10.4. The van der Waals surface area contributed by atoms with E-state index in [0.717, 1.165) is 44.3 Å². The van der Waals surface area contributed by atoms with Gasteiger partial charge in [-0.15, -0.1) is 0 Å². The van der Waals surface area contributed by atoms with Crippen molar-refractivity contribution in [3.8, 4) is 5.75 Å². The number of hydrogen-bond acceptors (Lipinski definition) is 6. The molecule has 5 aromatic rings. The van der Waals surface area contributed by atoms with Crippen LogP contribution in [0.2, 0.25) is 0 Å². The third kappa shape index (κ3) is 3.15. The van der Waals surface area contributed by atoms with Crippen molar-refractivity contribution in [1.82, 2.24) is 13.7 Å². The van der Waals surface area contributed by atoms with Gasteiger partial charge in [0.05, 0.1) is 17.2 Å². The number of benzene rings is 3. The first-order chi connectivity index (χ1) is 13.8. The minimum Gasteiger partial charge on any atom is -0.490 e. The van der Waals surface area contributed by atoms with Gasteiger partial charge in [-0.25, -0.2) is 0 Å². The third-order valence-corrected chi connectivity index (χ3v) is 5.28. The maximum Gasteiger partial charge on any atom is 0.129 e. The Bertz CT molecular complexity index is 1260. The number of anilines is 1. The molecule has 5 rings (SSSR count). The summed E-state index contributed by atoms with van der Waals surface area (Å²) in [5.41, 5.74) is 4.73. The van der Waals surface area contributed by atoms with Crippen LogP contribution in [0.3, 0.4) is 0 Å². The van der Waals surface area contributed by atoms with E-state index in [4.69, 9.17) is 4.74 Å². The summed E-state index contributed by atoms with van der Waals surface area (Å²) in [6.07, 6.45) is -0.648. The van der Waals surface area contributed by atoms with Crippen molar-refractivity contribution in [3.63, 3.8) is 0 Å². The predicted molar refractivity (Wildman–Crippen MR) is 113 cm³/mol. The van der Waals surface area contributed by atoms with Gasteiger partial charge in [0.2, 0.25) is 0 Å². The van der Waals surface area contributed by atoms with Gasteiger partial charge in [0, 0.05) is 28.5 Å². The number of H-pyrrole nitrogens is 1. The van der Waals surface area contributed by atoms with E-state index in [0.29, 0.717) is 6.54 Å². The van der Waals surface area contributed by atoms with Gasteiger partial charge in [-0.05, 0) is 36.4 Å². The van der Waals surface area contributed by atoms with Crippen LogP contribution in [0.4, 0.5) is 5.69 Å². The number of aliphatic hydroxyl groups is 1. The van der Waals surface area contributed by atoms with Crippen LogP contribution in [0.5, 0.6) is 5.75 Å². The molecule has 28 heavy (non-hydrogen) atoms. The van der Waals surface area contributed by atoms with Gasteiger partial charge in [0.1, 0.15) is 29.5 Å². The molecule has 140 valence electrons. The molecule has 2 aromatic heterocycles. The van der Waals surface area contributed by atoms with Crippen molar-refractivity contribution in [2.24, 2.45) is 0 Å². The average Bonchev–Trinajstić information content (AvgIpc) is 3.34. The summed E-state index contributed by atoms with van der Waals surface area (Å²) < 4.78 is 14.4. The van der Waals surface area contributed by atoms with Crippen molar-refractivity contribution in [1.29, 1.82) is 0 Å². The molecular formula is C21H18N4O2S. The summed E-state index contributed by atoms with van der Waals surface area (Å²) in [6.45, 7) is 0.582. The highest BCUT2D eigenvalue weighted by Crippen LogP contribution is 2.33. The van der Waals surface area contributed by atoms with E-state index in [1.54, 1.807) is 0 Å². The van der Waals surface area contributed by atoms with Crippen LogP contribution in [0.15, 0.2) is 60.7 Å². The highest BCUT2D eigenvalue weighted by atomic mass is 32.1. The zero-order chi connectivity index (χ0) is 18.9. The van der Waals surface area contributed by atoms with Crippen molar-refractivity contribution < 1.29 is 9.84 Å². The number of aromatic nitrogens is 3. The SMILES string of the molecule is OC(CNc1ccc2nsnc2c1)COc1cccc2[nH]c3ccccc3c12. The quantitative estimate of drug-likeness (QED) is 0.405. The van der Waals surface area contributed by atoms with Crippen molar-refractivity contribution in [2.75, 3.05) is 18.5 Å². The summed E-state index contributed by atoms with van der Waals surface area (Å²) in [7, 11) is 0. The van der Waals surface area contributed by atoms with Gasteiger partial charge in [-0.2, -0.15) is 8.75 Å². The van der Waals surface area contributed by atoms with E-state index in [1.165, 1.54) is 11.7 Å². The van der Waals surface area contributed by atoms with Crippen LogP contribution in [-0.2, 0) is 0 Å². The number of hydrogen-bond donors (Lipinski definition) is 3. The number of nitrogens with zero attached hydrogens (tertiary/aromatic N) is 2. The number of rotatable bonds is 6. The highest BCUT2D eigenvalue weighted by Gasteiger charge is 2.11. The van der Waals surface area contributed by atoms with Gasteiger partial charge in [0.25, 0.3) is 0 Å². The van der Waals surface area contributed by atoms with Crippen LogP contribution in [0.25, 0.3) is 32.8 Å². The van der Waals surface area contributed by atoms with Gasteiger partial charge in [0.15, 0.2) is 0 Å². The van der Waals surface area contributed by atoms with E-state index < -0.39 is 6.10 Å². The monoisotopic (exact) mass is 390 g/mol. The molecule has 0 aliphatic heterocycles. The first kappa shape index (κ1) is 17.0. The Labute approximate surface area is 165 Å². The first-order valence-corrected chi connectivity index (χ1v) is 9.77. The Morgan fingerprint density at radius 3 is 2.82 bits per heavy atom. The maximum absolute atomic E-state index is 10.4. The molecule has 0 radical (unpaired) electrons. The van der Waals surface area contributed by atoms with Gasteiger partial charge < -0.3 is 20.1 Å². The minimum absolute atomic E-state index is 0.201. The summed E-state index contributed by atoms with van der Waals surface area (Å²) in [5, 5.41) is 15.7. The molecule has 1 atom stereocenters. The number of para-hydroxylation sites is 1. The molecule has 7 heteroatoms. The van der Waals surface area contributed by atoms with Crippen LogP contribution >= 0.6 is 11.7 Å². The largest absolute Gasteiger partial charge is 0.490 e. The molecule has 0 aliphatic rings. The zero-order valence-electron chi connectivity index (χ0n) is 14.9. The molecule has 6 nitrogen and oxygen atoms in total. The van der Waals surface area contributed by atoms with Gasteiger partial charge in [-0.3, -0.25) is 0 Å². The predicted octanol–water partition coefficient (Wildman–Crippen LogP) is 4.18. The minimum atomic E-state index is -0.648. The number of aromatic amines is 1. The fourth-order valence-corrected chi connectivity index (χ4v) is 3.88. The Morgan fingerprint density at radius 1 is 1.00 bits per heavy atom. The van der Waals surface area contributed by atoms with Crippen LogP contribution in [-0.4, -0.2) is 38.1 Å². The fourth-order valence-electron chi connectivity index (χ4n) is 3.36. The molecule has 0 spiro atoms.